The number of nitro benzene ring substituents is 1. The Morgan fingerprint density at radius 1 is 1.60 bits per heavy atom. The van der Waals surface area contributed by atoms with Gasteiger partial charge in [-0.3, -0.25) is 20.3 Å². The van der Waals surface area contributed by atoms with E-state index >= 15 is 0 Å². The van der Waals surface area contributed by atoms with Gasteiger partial charge in [-0.1, -0.05) is 12.1 Å². The van der Waals surface area contributed by atoms with Crippen LogP contribution in [0.15, 0.2) is 34.5 Å². The van der Waals surface area contributed by atoms with Crippen molar-refractivity contribution in [2.75, 3.05) is 0 Å². The van der Waals surface area contributed by atoms with Crippen molar-refractivity contribution in [1.29, 1.82) is 0 Å². The molecule has 0 saturated heterocycles. The molecule has 1 aromatic carbocycles. The second-order valence-corrected chi connectivity index (χ2v) is 4.44. The van der Waals surface area contributed by atoms with E-state index in [-0.39, 0.29) is 17.3 Å². The summed E-state index contributed by atoms with van der Waals surface area (Å²) in [5, 5.41) is 19.5. The molecule has 1 N–H and O–H groups in total. The molecule has 0 saturated carbocycles. The van der Waals surface area contributed by atoms with E-state index in [4.69, 9.17) is 0 Å². The number of nitrogens with zero attached hydrogens (tertiary/aromatic N) is 4. The maximum atomic E-state index is 11.8. The van der Waals surface area contributed by atoms with Gasteiger partial charge in [0, 0.05) is 17.7 Å². The fourth-order valence-corrected chi connectivity index (χ4v) is 1.72. The summed E-state index contributed by atoms with van der Waals surface area (Å²) in [5.74, 6) is -0.384. The summed E-state index contributed by atoms with van der Waals surface area (Å²) in [5.41, 5.74) is 2.65. The molecule has 104 valence electrons. The van der Waals surface area contributed by atoms with Crippen molar-refractivity contribution in [3.63, 3.8) is 0 Å². The van der Waals surface area contributed by atoms with Crippen molar-refractivity contribution < 1.29 is 9.72 Å². The molecule has 1 atom stereocenters. The van der Waals surface area contributed by atoms with Gasteiger partial charge in [-0.15, -0.1) is 12.6 Å². The van der Waals surface area contributed by atoms with E-state index in [1.54, 1.807) is 19.1 Å². The Balaban J connectivity index is 2.21. The monoisotopic (exact) mass is 293 g/mol. The lowest BCUT2D eigenvalue weighted by Crippen LogP contribution is -2.47. The fraction of sp³-hybridized carbons (Fsp3) is 0.182. The molecule has 1 aliphatic heterocycles. The molecule has 0 fully saturated rings. The number of carbonyl (C=O) groups is 1. The first-order chi connectivity index (χ1) is 9.49. The van der Waals surface area contributed by atoms with Crippen LogP contribution in [-0.2, 0) is 4.79 Å². The van der Waals surface area contributed by atoms with Gasteiger partial charge >= 0.3 is 0 Å². The van der Waals surface area contributed by atoms with Crippen LogP contribution in [0.4, 0.5) is 5.69 Å². The lowest BCUT2D eigenvalue weighted by Gasteiger charge is -2.26. The van der Waals surface area contributed by atoms with Gasteiger partial charge in [-0.2, -0.15) is 15.2 Å². The number of hydrazone groups is 2. The normalized spacial score (nSPS) is 18.9. The van der Waals surface area contributed by atoms with E-state index < -0.39 is 10.4 Å². The second kappa shape index (κ2) is 5.70. The third-order valence-corrected chi connectivity index (χ3v) is 2.84. The third-order valence-electron chi connectivity index (χ3n) is 2.51. The van der Waals surface area contributed by atoms with E-state index in [1.165, 1.54) is 18.3 Å². The van der Waals surface area contributed by atoms with Gasteiger partial charge in [0.05, 0.1) is 11.1 Å². The molecular formula is C11H11N5O3S. The van der Waals surface area contributed by atoms with Crippen LogP contribution in [0.5, 0.6) is 0 Å². The molecular weight excluding hydrogens is 282 g/mol. The second-order valence-electron chi connectivity index (χ2n) is 3.95. The first-order valence-corrected chi connectivity index (χ1v) is 6.10. The highest BCUT2D eigenvalue weighted by Gasteiger charge is 2.26. The predicted octanol–water partition coefficient (Wildman–Crippen LogP) is 0.950. The van der Waals surface area contributed by atoms with Crippen molar-refractivity contribution in [2.45, 2.75) is 12.4 Å². The van der Waals surface area contributed by atoms with Gasteiger partial charge in [-0.25, -0.2) is 0 Å². The van der Waals surface area contributed by atoms with Crippen molar-refractivity contribution in [1.82, 2.24) is 10.4 Å². The number of thiol groups is 1. The molecule has 0 aromatic heterocycles. The summed E-state index contributed by atoms with van der Waals surface area (Å²) in [7, 11) is 0. The van der Waals surface area contributed by atoms with Gasteiger partial charge < -0.3 is 0 Å². The number of hydrogen-bond donors (Lipinski definition) is 2. The number of amides is 1. The quantitative estimate of drug-likeness (QED) is 0.375. The number of non-ortho nitro benzene ring substituents is 1. The van der Waals surface area contributed by atoms with E-state index in [0.29, 0.717) is 5.56 Å². The summed E-state index contributed by atoms with van der Waals surface area (Å²) >= 11 is 4.12. The molecule has 2 rings (SSSR count). The molecule has 9 heteroatoms. The number of hydrogen-bond acceptors (Lipinski definition) is 7. The minimum atomic E-state index is -0.679. The Labute approximate surface area is 119 Å². The summed E-state index contributed by atoms with van der Waals surface area (Å²) in [4.78, 5) is 22.0. The van der Waals surface area contributed by atoms with E-state index in [9.17, 15) is 14.9 Å². The number of benzene rings is 1. The standard InChI is InChI=1S/C11H11N5O3S/c1-7-10(17)15(11(20)14-13-7)12-6-8-3-2-4-9(5-8)16(18)19/h2-6,11,14,20H,1H3/b12-6+. The Bertz CT molecular complexity index is 616. The minimum Gasteiger partial charge on any atom is -0.276 e. The van der Waals surface area contributed by atoms with Gasteiger partial charge in [-0.05, 0) is 6.92 Å². The maximum Gasteiger partial charge on any atom is 0.292 e. The molecule has 1 amide bonds. The van der Waals surface area contributed by atoms with Crippen LogP contribution in [0.1, 0.15) is 12.5 Å². The zero-order valence-corrected chi connectivity index (χ0v) is 11.3. The fourth-order valence-electron chi connectivity index (χ4n) is 1.50. The SMILES string of the molecule is CC1=NNC(S)N(/N=C/c2cccc([N+](=O)[O-])c2)C1=O. The van der Waals surface area contributed by atoms with Crippen molar-refractivity contribution in [2.24, 2.45) is 10.2 Å². The summed E-state index contributed by atoms with van der Waals surface area (Å²) in [6.45, 7) is 1.55. The number of nitrogens with one attached hydrogen (secondary N) is 1. The van der Waals surface area contributed by atoms with Crippen LogP contribution in [0.3, 0.4) is 0 Å². The lowest BCUT2D eigenvalue weighted by molar-refractivity contribution is -0.384. The first-order valence-electron chi connectivity index (χ1n) is 5.59. The largest absolute Gasteiger partial charge is 0.292 e. The summed E-state index contributed by atoms with van der Waals surface area (Å²) < 4.78 is 0. The molecule has 20 heavy (non-hydrogen) atoms. The van der Waals surface area contributed by atoms with E-state index in [2.05, 4.69) is 28.3 Å². The van der Waals surface area contributed by atoms with Crippen molar-refractivity contribution in [3.8, 4) is 0 Å². The maximum absolute atomic E-state index is 11.8. The van der Waals surface area contributed by atoms with Gasteiger partial charge in [0.25, 0.3) is 11.6 Å². The van der Waals surface area contributed by atoms with Crippen LogP contribution in [-0.4, -0.2) is 33.3 Å². The molecule has 8 nitrogen and oxygen atoms in total. The topological polar surface area (TPSA) is 100 Å². The Morgan fingerprint density at radius 2 is 2.35 bits per heavy atom. The average Bonchev–Trinajstić information content (AvgIpc) is 2.43. The molecule has 0 spiro atoms. The van der Waals surface area contributed by atoms with Crippen molar-refractivity contribution >= 4 is 36.1 Å². The Morgan fingerprint density at radius 3 is 3.05 bits per heavy atom. The van der Waals surface area contributed by atoms with Gasteiger partial charge in [0.1, 0.15) is 5.71 Å². The zero-order chi connectivity index (χ0) is 14.7. The molecule has 0 radical (unpaired) electrons. The van der Waals surface area contributed by atoms with Crippen LogP contribution in [0.25, 0.3) is 0 Å². The average molecular weight is 293 g/mol. The Hall–Kier alpha value is -2.42. The molecule has 1 aliphatic rings. The molecule has 0 aliphatic carbocycles. The smallest absolute Gasteiger partial charge is 0.276 e. The minimum absolute atomic E-state index is 0.0442. The van der Waals surface area contributed by atoms with Crippen LogP contribution >= 0.6 is 12.6 Å². The third kappa shape index (κ3) is 2.94. The molecule has 1 heterocycles. The predicted molar refractivity (Wildman–Crippen MR) is 76.6 cm³/mol. The van der Waals surface area contributed by atoms with E-state index in [0.717, 1.165) is 5.01 Å². The highest BCUT2D eigenvalue weighted by atomic mass is 32.1. The highest BCUT2D eigenvalue weighted by molar-refractivity contribution is 7.80. The van der Waals surface area contributed by atoms with Gasteiger partial charge in [0.15, 0.2) is 5.50 Å². The molecule has 1 unspecified atom stereocenters. The molecule has 0 bridgehead atoms. The number of nitro groups is 1. The zero-order valence-electron chi connectivity index (χ0n) is 10.4. The van der Waals surface area contributed by atoms with Crippen LogP contribution < -0.4 is 5.43 Å². The molecule has 1 aromatic rings. The van der Waals surface area contributed by atoms with Gasteiger partial charge in [0.2, 0.25) is 0 Å². The first kappa shape index (κ1) is 14.0. The van der Waals surface area contributed by atoms with Crippen LogP contribution in [0.2, 0.25) is 0 Å². The lowest BCUT2D eigenvalue weighted by atomic mass is 10.2. The number of rotatable bonds is 3. The van der Waals surface area contributed by atoms with Crippen LogP contribution in [0, 0.1) is 10.1 Å². The number of carbonyl (C=O) groups excluding carboxylic acids is 1. The summed E-state index contributed by atoms with van der Waals surface area (Å²) in [6.07, 6.45) is 1.36. The Kier molecular flexibility index (Phi) is 3.99. The summed E-state index contributed by atoms with van der Waals surface area (Å²) in [6, 6.07) is 5.93. The van der Waals surface area contributed by atoms with E-state index in [1.807, 2.05) is 0 Å². The highest BCUT2D eigenvalue weighted by Crippen LogP contribution is 2.13. The van der Waals surface area contributed by atoms with Crippen molar-refractivity contribution in [3.05, 3.63) is 39.9 Å².